The molecule has 8 heteroatoms. The van der Waals surface area contributed by atoms with E-state index in [4.69, 9.17) is 5.84 Å². The van der Waals surface area contributed by atoms with Crippen molar-refractivity contribution < 1.29 is 27.4 Å². The fourth-order valence-electron chi connectivity index (χ4n) is 1.21. The molecule has 1 rings (SSSR count). The van der Waals surface area contributed by atoms with Crippen molar-refractivity contribution in [1.82, 2.24) is 0 Å². The summed E-state index contributed by atoms with van der Waals surface area (Å²) in [6.07, 6.45) is -4.85. The predicted octanol–water partition coefficient (Wildman–Crippen LogP) is 2.05. The van der Waals surface area contributed by atoms with E-state index in [1.54, 1.807) is 6.92 Å². The first-order valence-corrected chi connectivity index (χ1v) is 4.90. The summed E-state index contributed by atoms with van der Waals surface area (Å²) in [7, 11) is 0. The maximum atomic E-state index is 12.1. The maximum absolute atomic E-state index is 12.1. The summed E-state index contributed by atoms with van der Waals surface area (Å²) in [4.78, 5) is 11.4. The first-order valence-electron chi connectivity index (χ1n) is 4.90. The Morgan fingerprint density at radius 1 is 1.39 bits per heavy atom. The molecule has 0 radical (unpaired) electrons. The quantitative estimate of drug-likeness (QED) is 0.494. The van der Waals surface area contributed by atoms with Crippen LogP contribution in [0.15, 0.2) is 18.2 Å². The Labute approximate surface area is 101 Å². The minimum absolute atomic E-state index is 0.0912. The second-order valence-electron chi connectivity index (χ2n) is 3.16. The van der Waals surface area contributed by atoms with Crippen molar-refractivity contribution in [2.45, 2.75) is 13.3 Å². The Morgan fingerprint density at radius 2 is 2.06 bits per heavy atom. The third-order valence-corrected chi connectivity index (χ3v) is 1.82. The van der Waals surface area contributed by atoms with Crippen molar-refractivity contribution >= 4 is 11.7 Å². The van der Waals surface area contributed by atoms with E-state index in [0.717, 1.165) is 12.1 Å². The zero-order valence-corrected chi connectivity index (χ0v) is 9.38. The summed E-state index contributed by atoms with van der Waals surface area (Å²) in [5.74, 6) is 3.77. The number of ether oxygens (including phenoxy) is 2. The molecule has 0 saturated heterocycles. The molecule has 0 aromatic heterocycles. The number of hydrogen-bond acceptors (Lipinski definition) is 5. The van der Waals surface area contributed by atoms with Crippen LogP contribution < -0.4 is 16.0 Å². The monoisotopic (exact) mass is 264 g/mol. The van der Waals surface area contributed by atoms with Gasteiger partial charge in [0.05, 0.1) is 17.9 Å². The van der Waals surface area contributed by atoms with Gasteiger partial charge in [-0.2, -0.15) is 0 Å². The topological polar surface area (TPSA) is 73.6 Å². The smallest absolute Gasteiger partial charge is 0.462 e. The molecule has 0 aliphatic carbocycles. The van der Waals surface area contributed by atoms with Crippen LogP contribution in [0.25, 0.3) is 0 Å². The SMILES string of the molecule is CCOC(=O)c1cc(NN)cc(OC(F)(F)F)c1. The zero-order chi connectivity index (χ0) is 13.8. The predicted molar refractivity (Wildman–Crippen MR) is 56.9 cm³/mol. The third-order valence-electron chi connectivity index (χ3n) is 1.82. The molecule has 3 N–H and O–H groups in total. The number of nitrogen functional groups attached to an aromatic ring is 1. The van der Waals surface area contributed by atoms with Gasteiger partial charge in [-0.05, 0) is 19.1 Å². The highest BCUT2D eigenvalue weighted by Crippen LogP contribution is 2.27. The molecular weight excluding hydrogens is 253 g/mol. The number of carbonyl (C=O) groups excluding carboxylic acids is 1. The van der Waals surface area contributed by atoms with Crippen molar-refractivity contribution in [3.8, 4) is 5.75 Å². The van der Waals surface area contributed by atoms with Crippen LogP contribution in [-0.4, -0.2) is 18.9 Å². The molecule has 0 fully saturated rings. The lowest BCUT2D eigenvalue weighted by Gasteiger charge is -2.12. The van der Waals surface area contributed by atoms with Crippen molar-refractivity contribution in [2.24, 2.45) is 5.84 Å². The number of carbonyl (C=O) groups is 1. The van der Waals surface area contributed by atoms with Crippen molar-refractivity contribution in [2.75, 3.05) is 12.0 Å². The summed E-state index contributed by atoms with van der Waals surface area (Å²) in [5.41, 5.74) is 2.14. The number of alkyl halides is 3. The maximum Gasteiger partial charge on any atom is 0.573 e. The number of hydrogen-bond donors (Lipinski definition) is 2. The lowest BCUT2D eigenvalue weighted by molar-refractivity contribution is -0.274. The van der Waals surface area contributed by atoms with Gasteiger partial charge in [0.25, 0.3) is 0 Å². The average molecular weight is 264 g/mol. The fraction of sp³-hybridized carbons (Fsp3) is 0.300. The van der Waals surface area contributed by atoms with Crippen LogP contribution >= 0.6 is 0 Å². The number of rotatable bonds is 4. The van der Waals surface area contributed by atoms with Crippen LogP contribution in [0.4, 0.5) is 18.9 Å². The summed E-state index contributed by atoms with van der Waals surface area (Å²) in [6.45, 7) is 1.69. The minimum Gasteiger partial charge on any atom is -0.462 e. The minimum atomic E-state index is -4.85. The van der Waals surface area contributed by atoms with Crippen LogP contribution in [0, 0.1) is 0 Å². The van der Waals surface area contributed by atoms with Crippen LogP contribution in [-0.2, 0) is 4.74 Å². The zero-order valence-electron chi connectivity index (χ0n) is 9.38. The Hall–Kier alpha value is -1.96. The lowest BCUT2D eigenvalue weighted by Crippen LogP contribution is -2.18. The molecule has 0 bridgehead atoms. The molecule has 100 valence electrons. The largest absolute Gasteiger partial charge is 0.573 e. The number of anilines is 1. The highest BCUT2D eigenvalue weighted by Gasteiger charge is 2.31. The van der Waals surface area contributed by atoms with Gasteiger partial charge in [-0.3, -0.25) is 5.84 Å². The molecule has 0 atom stereocenters. The van der Waals surface area contributed by atoms with E-state index in [1.807, 2.05) is 0 Å². The Kier molecular flexibility index (Phi) is 4.38. The van der Waals surface area contributed by atoms with Gasteiger partial charge >= 0.3 is 12.3 Å². The van der Waals surface area contributed by atoms with Gasteiger partial charge in [0.2, 0.25) is 0 Å². The summed E-state index contributed by atoms with van der Waals surface area (Å²) in [5, 5.41) is 0. The van der Waals surface area contributed by atoms with E-state index in [2.05, 4.69) is 14.9 Å². The molecule has 0 unspecified atom stereocenters. The summed E-state index contributed by atoms with van der Waals surface area (Å²) in [6, 6.07) is 3.18. The van der Waals surface area contributed by atoms with Crippen molar-refractivity contribution in [3.05, 3.63) is 23.8 Å². The van der Waals surface area contributed by atoms with Gasteiger partial charge in [0.1, 0.15) is 5.75 Å². The molecule has 5 nitrogen and oxygen atoms in total. The van der Waals surface area contributed by atoms with Crippen molar-refractivity contribution in [1.29, 1.82) is 0 Å². The fourth-order valence-corrected chi connectivity index (χ4v) is 1.21. The first-order chi connectivity index (χ1) is 8.35. The number of benzene rings is 1. The Bertz CT molecular complexity index is 435. The van der Waals surface area contributed by atoms with Crippen molar-refractivity contribution in [3.63, 3.8) is 0 Å². The van der Waals surface area contributed by atoms with Gasteiger partial charge in [-0.1, -0.05) is 0 Å². The lowest BCUT2D eigenvalue weighted by atomic mass is 10.2. The van der Waals surface area contributed by atoms with Crippen LogP contribution in [0.5, 0.6) is 5.75 Å². The molecule has 1 aromatic carbocycles. The molecule has 1 aromatic rings. The summed E-state index contributed by atoms with van der Waals surface area (Å²) < 4.78 is 44.6. The van der Waals surface area contributed by atoms with Gasteiger partial charge in [0.15, 0.2) is 0 Å². The van der Waals surface area contributed by atoms with E-state index >= 15 is 0 Å². The van der Waals surface area contributed by atoms with Crippen LogP contribution in [0.2, 0.25) is 0 Å². The van der Waals surface area contributed by atoms with Gasteiger partial charge < -0.3 is 14.9 Å². The number of halogens is 3. The molecule has 0 saturated carbocycles. The Morgan fingerprint density at radius 3 is 2.56 bits per heavy atom. The number of nitrogens with two attached hydrogens (primary N) is 1. The van der Waals surface area contributed by atoms with E-state index in [9.17, 15) is 18.0 Å². The highest BCUT2D eigenvalue weighted by atomic mass is 19.4. The van der Waals surface area contributed by atoms with Crippen LogP contribution in [0.1, 0.15) is 17.3 Å². The number of nitrogens with one attached hydrogen (secondary N) is 1. The van der Waals surface area contributed by atoms with Gasteiger partial charge in [-0.25, -0.2) is 4.79 Å². The first kappa shape index (κ1) is 14.1. The van der Waals surface area contributed by atoms with E-state index in [0.29, 0.717) is 0 Å². The van der Waals surface area contributed by atoms with E-state index < -0.39 is 18.1 Å². The van der Waals surface area contributed by atoms with Gasteiger partial charge in [-0.15, -0.1) is 13.2 Å². The number of hydrazine groups is 1. The molecule has 0 aliphatic heterocycles. The number of esters is 1. The summed E-state index contributed by atoms with van der Waals surface area (Å²) >= 11 is 0. The van der Waals surface area contributed by atoms with Gasteiger partial charge in [0, 0.05) is 6.07 Å². The van der Waals surface area contributed by atoms with E-state index in [1.165, 1.54) is 6.07 Å². The standard InChI is InChI=1S/C10H11F3N2O3/c1-2-17-9(16)6-3-7(15-14)5-8(4-6)18-10(11,12)13/h3-5,15H,2,14H2,1H3. The molecule has 0 heterocycles. The van der Waals surface area contributed by atoms with E-state index in [-0.39, 0.29) is 17.9 Å². The second kappa shape index (κ2) is 5.58. The highest BCUT2D eigenvalue weighted by molar-refractivity contribution is 5.91. The molecular formula is C10H11F3N2O3. The average Bonchev–Trinajstić information content (AvgIpc) is 2.26. The third kappa shape index (κ3) is 4.13. The Balaban J connectivity index is 3.05. The normalized spacial score (nSPS) is 10.9. The van der Waals surface area contributed by atoms with Crippen LogP contribution in [0.3, 0.4) is 0 Å². The molecule has 18 heavy (non-hydrogen) atoms. The molecule has 0 amide bonds. The molecule has 0 aliphatic rings. The molecule has 0 spiro atoms. The second-order valence-corrected chi connectivity index (χ2v) is 3.16.